The average molecular weight is 449 g/mol. The van der Waals surface area contributed by atoms with E-state index in [4.69, 9.17) is 0 Å². The van der Waals surface area contributed by atoms with E-state index in [1.165, 1.54) is 11.8 Å². The third-order valence-electron chi connectivity index (χ3n) is 4.42. The Labute approximate surface area is 171 Å². The van der Waals surface area contributed by atoms with E-state index in [2.05, 4.69) is 26.6 Å². The molecule has 1 aliphatic carbocycles. The van der Waals surface area contributed by atoms with Crippen molar-refractivity contribution in [1.29, 1.82) is 0 Å². The molecule has 7 heteroatoms. The molecule has 2 aromatic carbocycles. The summed E-state index contributed by atoms with van der Waals surface area (Å²) in [5.41, 5.74) is 2.69. The van der Waals surface area contributed by atoms with Crippen molar-refractivity contribution in [1.82, 2.24) is 5.32 Å². The number of rotatable bonds is 7. The third kappa shape index (κ3) is 5.49. The first kappa shape index (κ1) is 19.8. The number of benzene rings is 2. The number of nitrogens with one attached hydrogen (secondary N) is 2. The van der Waals surface area contributed by atoms with Gasteiger partial charge in [-0.2, -0.15) is 11.8 Å². The maximum Gasteiger partial charge on any atom is 0.234 e. The fourth-order valence-electron chi connectivity index (χ4n) is 3.11. The molecular weight excluding hydrogens is 428 g/mol. The number of thioether (sulfide) groups is 1. The van der Waals surface area contributed by atoms with Gasteiger partial charge in [-0.25, -0.2) is 0 Å². The number of halogens is 1. The van der Waals surface area contributed by atoms with Gasteiger partial charge in [0.15, 0.2) is 0 Å². The van der Waals surface area contributed by atoms with Crippen LogP contribution in [-0.4, -0.2) is 28.4 Å². The summed E-state index contributed by atoms with van der Waals surface area (Å²) in [6.45, 7) is 0. The number of phenolic OH excluding ortho intramolecular Hbond substituents is 1. The average Bonchev–Trinajstić information content (AvgIpc) is 3.05. The summed E-state index contributed by atoms with van der Waals surface area (Å²) in [6.07, 6.45) is 1.94. The van der Waals surface area contributed by atoms with Crippen LogP contribution in [0.25, 0.3) is 0 Å². The highest BCUT2D eigenvalue weighted by Crippen LogP contribution is 2.36. The summed E-state index contributed by atoms with van der Waals surface area (Å²) in [6, 6.07) is 12.8. The number of carbonyl (C=O) groups is 2. The Balaban J connectivity index is 1.36. The van der Waals surface area contributed by atoms with E-state index < -0.39 is 0 Å². The summed E-state index contributed by atoms with van der Waals surface area (Å²) >= 11 is 4.79. The lowest BCUT2D eigenvalue weighted by atomic mass is 10.1. The molecule has 0 bridgehead atoms. The van der Waals surface area contributed by atoms with Gasteiger partial charge in [-0.3, -0.25) is 9.59 Å². The van der Waals surface area contributed by atoms with Crippen LogP contribution in [0.1, 0.15) is 30.0 Å². The van der Waals surface area contributed by atoms with E-state index in [0.717, 1.165) is 34.1 Å². The molecule has 0 radical (unpaired) electrons. The Hall–Kier alpha value is -1.99. The molecule has 1 unspecified atom stereocenters. The minimum Gasteiger partial charge on any atom is -0.508 e. The van der Waals surface area contributed by atoms with Crippen LogP contribution in [0.4, 0.5) is 5.69 Å². The lowest BCUT2D eigenvalue weighted by molar-refractivity contribution is -0.121. The van der Waals surface area contributed by atoms with Crippen LogP contribution in [0.2, 0.25) is 0 Å². The number of amides is 2. The number of aromatic hydroxyl groups is 1. The Morgan fingerprint density at radius 3 is 2.70 bits per heavy atom. The van der Waals surface area contributed by atoms with Crippen molar-refractivity contribution in [3.8, 4) is 5.75 Å². The molecule has 0 aliphatic heterocycles. The van der Waals surface area contributed by atoms with Gasteiger partial charge < -0.3 is 15.7 Å². The van der Waals surface area contributed by atoms with Gasteiger partial charge in [-0.15, -0.1) is 0 Å². The van der Waals surface area contributed by atoms with E-state index in [1.807, 2.05) is 30.3 Å². The molecule has 27 heavy (non-hydrogen) atoms. The van der Waals surface area contributed by atoms with Crippen molar-refractivity contribution >= 4 is 45.2 Å². The van der Waals surface area contributed by atoms with Crippen LogP contribution in [0, 0.1) is 0 Å². The minimum absolute atomic E-state index is 0.0305. The zero-order valence-corrected chi connectivity index (χ0v) is 17.1. The fourth-order valence-corrected chi connectivity index (χ4v) is 4.11. The lowest BCUT2D eigenvalue weighted by Crippen LogP contribution is -2.27. The molecule has 1 atom stereocenters. The maximum absolute atomic E-state index is 12.2. The first-order valence-electron chi connectivity index (χ1n) is 8.76. The predicted octanol–water partition coefficient (Wildman–Crippen LogP) is 4.02. The van der Waals surface area contributed by atoms with Crippen LogP contribution in [0.3, 0.4) is 0 Å². The largest absolute Gasteiger partial charge is 0.508 e. The SMILES string of the molecule is O=C(CSCCC(=O)NC1CCc2c(O)cccc21)Nc1ccc(Br)cc1. The van der Waals surface area contributed by atoms with E-state index in [-0.39, 0.29) is 17.9 Å². The second-order valence-electron chi connectivity index (χ2n) is 6.36. The summed E-state index contributed by atoms with van der Waals surface area (Å²) in [4.78, 5) is 24.1. The van der Waals surface area contributed by atoms with Gasteiger partial charge in [-0.1, -0.05) is 28.1 Å². The number of phenols is 1. The molecular formula is C20H21BrN2O3S. The number of hydrogen-bond acceptors (Lipinski definition) is 4. The number of anilines is 1. The van der Waals surface area contributed by atoms with Gasteiger partial charge in [0.1, 0.15) is 5.75 Å². The summed E-state index contributed by atoms with van der Waals surface area (Å²) in [5, 5.41) is 15.7. The van der Waals surface area contributed by atoms with Crippen molar-refractivity contribution in [2.45, 2.75) is 25.3 Å². The summed E-state index contributed by atoms with van der Waals surface area (Å²) in [5.74, 6) is 1.08. The van der Waals surface area contributed by atoms with Gasteiger partial charge in [-0.05, 0) is 54.3 Å². The topological polar surface area (TPSA) is 78.4 Å². The molecule has 2 aromatic rings. The van der Waals surface area contributed by atoms with E-state index in [9.17, 15) is 14.7 Å². The molecule has 2 amide bonds. The third-order valence-corrected chi connectivity index (χ3v) is 5.90. The molecule has 0 spiro atoms. The highest BCUT2D eigenvalue weighted by molar-refractivity contribution is 9.10. The highest BCUT2D eigenvalue weighted by atomic mass is 79.9. The van der Waals surface area contributed by atoms with Gasteiger partial charge >= 0.3 is 0 Å². The highest BCUT2D eigenvalue weighted by Gasteiger charge is 2.25. The van der Waals surface area contributed by atoms with Crippen molar-refractivity contribution in [2.75, 3.05) is 16.8 Å². The monoisotopic (exact) mass is 448 g/mol. The Morgan fingerprint density at radius 2 is 1.93 bits per heavy atom. The van der Waals surface area contributed by atoms with Crippen LogP contribution in [-0.2, 0) is 16.0 Å². The molecule has 3 rings (SSSR count). The first-order chi connectivity index (χ1) is 13.0. The van der Waals surface area contributed by atoms with Crippen LogP contribution < -0.4 is 10.6 Å². The zero-order valence-electron chi connectivity index (χ0n) is 14.7. The molecule has 0 aromatic heterocycles. The number of fused-ring (bicyclic) bond motifs is 1. The second-order valence-corrected chi connectivity index (χ2v) is 8.38. The van der Waals surface area contributed by atoms with Crippen LogP contribution >= 0.6 is 27.7 Å². The summed E-state index contributed by atoms with van der Waals surface area (Å²) < 4.78 is 0.959. The maximum atomic E-state index is 12.2. The standard InChI is InChI=1S/C20H21BrN2O3S/c21-13-4-6-14(7-5-13)22-20(26)12-27-11-10-19(25)23-17-9-8-16-15(17)2-1-3-18(16)24/h1-7,17,24H,8-12H2,(H,22,26)(H,23,25). The summed E-state index contributed by atoms with van der Waals surface area (Å²) in [7, 11) is 0. The second kappa shape index (κ2) is 9.28. The van der Waals surface area contributed by atoms with Gasteiger partial charge in [0.2, 0.25) is 11.8 Å². The van der Waals surface area contributed by atoms with Crippen LogP contribution in [0.5, 0.6) is 5.75 Å². The smallest absolute Gasteiger partial charge is 0.234 e. The van der Waals surface area contributed by atoms with Gasteiger partial charge in [0.25, 0.3) is 0 Å². The molecule has 0 fully saturated rings. The predicted molar refractivity (Wildman–Crippen MR) is 112 cm³/mol. The van der Waals surface area contributed by atoms with E-state index >= 15 is 0 Å². The molecule has 0 saturated carbocycles. The molecule has 0 heterocycles. The Kier molecular flexibility index (Phi) is 6.79. The number of carbonyl (C=O) groups excluding carboxylic acids is 2. The number of hydrogen-bond donors (Lipinski definition) is 3. The quantitative estimate of drug-likeness (QED) is 0.558. The molecule has 0 saturated heterocycles. The molecule has 3 N–H and O–H groups in total. The van der Waals surface area contributed by atoms with Crippen molar-refractivity contribution < 1.29 is 14.7 Å². The zero-order chi connectivity index (χ0) is 19.2. The lowest BCUT2D eigenvalue weighted by Gasteiger charge is -2.14. The van der Waals surface area contributed by atoms with Gasteiger partial charge in [0.05, 0.1) is 11.8 Å². The van der Waals surface area contributed by atoms with Crippen molar-refractivity contribution in [2.24, 2.45) is 0 Å². The minimum atomic E-state index is -0.0806. The van der Waals surface area contributed by atoms with Crippen molar-refractivity contribution in [3.05, 3.63) is 58.1 Å². The molecule has 142 valence electrons. The molecule has 5 nitrogen and oxygen atoms in total. The Bertz CT molecular complexity index is 826. The van der Waals surface area contributed by atoms with E-state index in [1.54, 1.807) is 12.1 Å². The van der Waals surface area contributed by atoms with E-state index in [0.29, 0.717) is 23.7 Å². The molecule has 1 aliphatic rings. The fraction of sp³-hybridized carbons (Fsp3) is 0.300. The normalized spacial score (nSPS) is 15.2. The van der Waals surface area contributed by atoms with Gasteiger partial charge in [0, 0.05) is 22.3 Å². The first-order valence-corrected chi connectivity index (χ1v) is 10.7. The Morgan fingerprint density at radius 1 is 1.15 bits per heavy atom. The van der Waals surface area contributed by atoms with Crippen LogP contribution in [0.15, 0.2) is 46.9 Å². The van der Waals surface area contributed by atoms with Crippen molar-refractivity contribution in [3.63, 3.8) is 0 Å².